The Morgan fingerprint density at radius 3 is 2.75 bits per heavy atom. The van der Waals surface area contributed by atoms with E-state index in [1.165, 1.54) is 17.7 Å². The molecule has 0 unspecified atom stereocenters. The van der Waals surface area contributed by atoms with Crippen LogP contribution in [0.4, 0.5) is 10.1 Å². The minimum atomic E-state index is -0.762. The zero-order valence-corrected chi connectivity index (χ0v) is 18.0. The topological polar surface area (TPSA) is 77.0 Å². The third kappa shape index (κ3) is 2.93. The lowest BCUT2D eigenvalue weighted by atomic mass is 9.61. The van der Waals surface area contributed by atoms with Gasteiger partial charge >= 0.3 is 0 Å². The summed E-state index contributed by atoms with van der Waals surface area (Å²) >= 11 is 0. The van der Waals surface area contributed by atoms with Gasteiger partial charge < -0.3 is 10.8 Å². The van der Waals surface area contributed by atoms with Crippen LogP contribution in [-0.2, 0) is 12.8 Å². The van der Waals surface area contributed by atoms with Crippen LogP contribution in [-0.4, -0.2) is 25.5 Å². The Morgan fingerprint density at radius 2 is 2.00 bits per heavy atom. The average Bonchev–Trinajstić information content (AvgIpc) is 3.51. The second-order valence-corrected chi connectivity index (χ2v) is 9.65. The van der Waals surface area contributed by atoms with Gasteiger partial charge in [-0.1, -0.05) is 5.57 Å². The summed E-state index contributed by atoms with van der Waals surface area (Å²) in [6.07, 6.45) is 12.1. The SMILES string of the molecule is Nc1ccnc(CC[C@]2(O)CCC3=Cc4c(cnn4-c4ccc(F)cc4)C[C@@]32C2CC2)c1. The number of anilines is 1. The number of nitrogen functional groups attached to an aromatic ring is 1. The lowest BCUT2D eigenvalue weighted by molar-refractivity contribution is -0.0662. The number of hydrogen-bond donors (Lipinski definition) is 2. The van der Waals surface area contributed by atoms with Gasteiger partial charge in [0.2, 0.25) is 0 Å². The number of aliphatic hydroxyl groups is 1. The second-order valence-electron chi connectivity index (χ2n) is 9.65. The molecule has 0 saturated heterocycles. The van der Waals surface area contributed by atoms with Crippen molar-refractivity contribution in [2.45, 2.75) is 50.5 Å². The molecule has 1 aromatic carbocycles. The summed E-state index contributed by atoms with van der Waals surface area (Å²) in [5.74, 6) is 0.258. The van der Waals surface area contributed by atoms with Gasteiger partial charge in [0.1, 0.15) is 5.82 Å². The number of aryl methyl sites for hydroxylation is 1. The quantitative estimate of drug-likeness (QED) is 0.626. The summed E-state index contributed by atoms with van der Waals surface area (Å²) in [5, 5.41) is 16.7. The molecule has 0 aliphatic heterocycles. The standard InChI is InChI=1S/C26H27FN4O/c27-20-3-5-23(6-4-20)31-24-13-19-7-10-25(32,11-8-22-14-21(28)9-12-29-22)26(19,18-1-2-18)15-17(24)16-30-31/h3-6,9,12-14,16,18,32H,1-2,7-8,10-11,15H2,(H2,28,29)/t25-,26-/m1/s1. The fourth-order valence-electron chi connectivity index (χ4n) is 6.18. The maximum Gasteiger partial charge on any atom is 0.123 e. The normalized spacial score (nSPS) is 26.5. The van der Waals surface area contributed by atoms with Crippen molar-refractivity contribution in [3.05, 3.63) is 77.1 Å². The van der Waals surface area contributed by atoms with E-state index in [1.54, 1.807) is 24.4 Å². The molecule has 0 bridgehead atoms. The lowest BCUT2D eigenvalue weighted by Crippen LogP contribution is -2.49. The van der Waals surface area contributed by atoms with E-state index in [0.717, 1.165) is 54.7 Å². The summed E-state index contributed by atoms with van der Waals surface area (Å²) in [7, 11) is 0. The molecule has 2 fully saturated rings. The van der Waals surface area contributed by atoms with Crippen LogP contribution in [0.3, 0.4) is 0 Å². The molecule has 32 heavy (non-hydrogen) atoms. The van der Waals surface area contributed by atoms with E-state index >= 15 is 0 Å². The number of fused-ring (bicyclic) bond motifs is 2. The third-order valence-corrected chi connectivity index (χ3v) is 7.86. The highest BCUT2D eigenvalue weighted by Gasteiger charge is 2.63. The number of hydrogen-bond acceptors (Lipinski definition) is 4. The molecule has 2 atom stereocenters. The van der Waals surface area contributed by atoms with Crippen molar-refractivity contribution in [1.82, 2.24) is 14.8 Å². The van der Waals surface area contributed by atoms with E-state index in [0.29, 0.717) is 24.4 Å². The number of rotatable bonds is 5. The number of pyridine rings is 1. The first-order valence-electron chi connectivity index (χ1n) is 11.5. The Morgan fingerprint density at radius 1 is 1.19 bits per heavy atom. The molecule has 2 aromatic heterocycles. The van der Waals surface area contributed by atoms with Crippen LogP contribution in [0.25, 0.3) is 11.8 Å². The van der Waals surface area contributed by atoms with Crippen molar-refractivity contribution in [3.63, 3.8) is 0 Å². The zero-order chi connectivity index (χ0) is 21.9. The first kappa shape index (κ1) is 19.7. The van der Waals surface area contributed by atoms with Crippen molar-refractivity contribution in [2.24, 2.45) is 11.3 Å². The van der Waals surface area contributed by atoms with Crippen LogP contribution in [0.1, 0.15) is 49.1 Å². The summed E-state index contributed by atoms with van der Waals surface area (Å²) in [6, 6.07) is 10.1. The van der Waals surface area contributed by atoms with Gasteiger partial charge in [0, 0.05) is 23.0 Å². The summed E-state index contributed by atoms with van der Waals surface area (Å²) < 4.78 is 15.3. The molecule has 5 nitrogen and oxygen atoms in total. The van der Waals surface area contributed by atoms with E-state index in [9.17, 15) is 9.50 Å². The van der Waals surface area contributed by atoms with Gasteiger partial charge in [0.25, 0.3) is 0 Å². The third-order valence-electron chi connectivity index (χ3n) is 7.86. The van der Waals surface area contributed by atoms with Crippen molar-refractivity contribution >= 4 is 11.8 Å². The van der Waals surface area contributed by atoms with Crippen LogP contribution in [0.15, 0.2) is 54.4 Å². The molecule has 2 heterocycles. The Labute approximate surface area is 186 Å². The van der Waals surface area contributed by atoms with Crippen molar-refractivity contribution in [1.29, 1.82) is 0 Å². The van der Waals surface area contributed by atoms with E-state index in [-0.39, 0.29) is 11.2 Å². The summed E-state index contributed by atoms with van der Waals surface area (Å²) in [6.45, 7) is 0. The molecule has 0 amide bonds. The number of aromatic nitrogens is 3. The van der Waals surface area contributed by atoms with Gasteiger partial charge in [0.15, 0.2) is 0 Å². The molecule has 3 aliphatic rings. The fourth-order valence-corrected chi connectivity index (χ4v) is 6.18. The second kappa shape index (κ2) is 7.01. The lowest BCUT2D eigenvalue weighted by Gasteiger charge is -2.46. The van der Waals surface area contributed by atoms with Crippen molar-refractivity contribution in [2.75, 3.05) is 5.73 Å². The first-order chi connectivity index (χ1) is 15.5. The predicted octanol–water partition coefficient (Wildman–Crippen LogP) is 4.48. The van der Waals surface area contributed by atoms with Gasteiger partial charge in [-0.3, -0.25) is 4.98 Å². The molecule has 0 radical (unpaired) electrons. The summed E-state index contributed by atoms with van der Waals surface area (Å²) in [4.78, 5) is 4.45. The minimum Gasteiger partial charge on any atom is -0.399 e. The van der Waals surface area contributed by atoms with Crippen LogP contribution < -0.4 is 5.73 Å². The van der Waals surface area contributed by atoms with Gasteiger partial charge in [-0.15, -0.1) is 0 Å². The Bertz CT molecular complexity index is 1210. The molecular formula is C26H27FN4O. The summed E-state index contributed by atoms with van der Waals surface area (Å²) in [5.41, 5.74) is 11.0. The fraction of sp³-hybridized carbons (Fsp3) is 0.385. The highest BCUT2D eigenvalue weighted by Crippen LogP contribution is 2.66. The minimum absolute atomic E-state index is 0.225. The Hall–Kier alpha value is -2.99. The molecule has 3 aromatic rings. The first-order valence-corrected chi connectivity index (χ1v) is 11.5. The molecule has 0 spiro atoms. The number of nitrogens with two attached hydrogens (primary N) is 1. The average molecular weight is 431 g/mol. The maximum atomic E-state index is 13.4. The van der Waals surface area contributed by atoms with Gasteiger partial charge in [-0.05, 0) is 98.9 Å². The maximum absolute atomic E-state index is 13.4. The van der Waals surface area contributed by atoms with E-state index in [2.05, 4.69) is 16.2 Å². The van der Waals surface area contributed by atoms with Gasteiger partial charge in [-0.25, -0.2) is 9.07 Å². The van der Waals surface area contributed by atoms with Crippen LogP contribution >= 0.6 is 0 Å². The Balaban J connectivity index is 1.36. The largest absolute Gasteiger partial charge is 0.399 e. The number of halogens is 1. The van der Waals surface area contributed by atoms with Gasteiger partial charge in [-0.2, -0.15) is 5.10 Å². The number of nitrogens with zero attached hydrogens (tertiary/aromatic N) is 3. The molecule has 3 aliphatic carbocycles. The molecule has 164 valence electrons. The van der Waals surface area contributed by atoms with Crippen LogP contribution in [0, 0.1) is 17.2 Å². The highest BCUT2D eigenvalue weighted by molar-refractivity contribution is 5.63. The van der Waals surface area contributed by atoms with E-state index < -0.39 is 5.60 Å². The van der Waals surface area contributed by atoms with E-state index in [4.69, 9.17) is 5.73 Å². The van der Waals surface area contributed by atoms with Crippen molar-refractivity contribution < 1.29 is 9.50 Å². The molecule has 3 N–H and O–H groups in total. The highest BCUT2D eigenvalue weighted by atomic mass is 19.1. The van der Waals surface area contributed by atoms with Crippen molar-refractivity contribution in [3.8, 4) is 5.69 Å². The smallest absolute Gasteiger partial charge is 0.123 e. The molecule has 6 heteroatoms. The van der Waals surface area contributed by atoms with E-state index in [1.807, 2.05) is 16.9 Å². The monoisotopic (exact) mass is 430 g/mol. The molecule has 2 saturated carbocycles. The molecule has 6 rings (SSSR count). The number of benzene rings is 1. The predicted molar refractivity (Wildman–Crippen MR) is 122 cm³/mol. The zero-order valence-electron chi connectivity index (χ0n) is 18.0. The Kier molecular flexibility index (Phi) is 4.31. The van der Waals surface area contributed by atoms with Crippen LogP contribution in [0.5, 0.6) is 0 Å². The molecular weight excluding hydrogens is 403 g/mol. The van der Waals surface area contributed by atoms with Crippen LogP contribution in [0.2, 0.25) is 0 Å². The van der Waals surface area contributed by atoms with Gasteiger partial charge in [0.05, 0.1) is 23.2 Å².